The van der Waals surface area contributed by atoms with Crippen LogP contribution in [0.25, 0.3) is 16.9 Å². The van der Waals surface area contributed by atoms with Gasteiger partial charge in [0.05, 0.1) is 24.5 Å². The van der Waals surface area contributed by atoms with Crippen LogP contribution in [0.4, 0.5) is 0 Å². The molecule has 23 heavy (non-hydrogen) atoms. The topological polar surface area (TPSA) is 77.2 Å². The van der Waals surface area contributed by atoms with Crippen molar-refractivity contribution in [2.45, 2.75) is 19.3 Å². The second-order valence-electron chi connectivity index (χ2n) is 5.09. The summed E-state index contributed by atoms with van der Waals surface area (Å²) >= 11 is 0. The number of aromatic nitrogens is 3. The number of nitrogens with zero attached hydrogens (tertiary/aromatic N) is 5. The van der Waals surface area contributed by atoms with Crippen LogP contribution in [-0.2, 0) is 6.42 Å². The number of hydrogen-bond donors (Lipinski definition) is 0. The Bertz CT molecular complexity index is 936. The van der Waals surface area contributed by atoms with Crippen LogP contribution in [0.5, 0.6) is 0 Å². The summed E-state index contributed by atoms with van der Waals surface area (Å²) in [5, 5.41) is 18.5. The Morgan fingerprint density at radius 3 is 2.39 bits per heavy atom. The largest absolute Gasteiger partial charge is 0.352 e. The lowest BCUT2D eigenvalue weighted by Gasteiger charge is -2.05. The van der Waals surface area contributed by atoms with E-state index in [1.807, 2.05) is 65.5 Å². The number of pyridine rings is 1. The normalized spacial score (nSPS) is 10.4. The van der Waals surface area contributed by atoms with Crippen LogP contribution in [-0.4, -0.2) is 9.97 Å². The molecule has 0 fully saturated rings. The van der Waals surface area contributed by atoms with Gasteiger partial charge in [0, 0.05) is 0 Å². The molecule has 0 unspecified atom stereocenters. The van der Waals surface area contributed by atoms with Gasteiger partial charge in [0.1, 0.15) is 5.52 Å². The Morgan fingerprint density at radius 2 is 1.74 bits per heavy atom. The minimum absolute atomic E-state index is 0.381. The Morgan fingerprint density at radius 1 is 1.04 bits per heavy atom. The maximum absolute atomic E-state index is 9.27. The first-order valence-corrected chi connectivity index (χ1v) is 7.33. The lowest BCUT2D eigenvalue weighted by Crippen LogP contribution is -2.34. The molecule has 0 N–H and O–H groups in total. The van der Waals surface area contributed by atoms with E-state index in [0.717, 1.165) is 17.5 Å². The summed E-state index contributed by atoms with van der Waals surface area (Å²) < 4.78 is 1.83. The van der Waals surface area contributed by atoms with E-state index in [4.69, 9.17) is 0 Å². The van der Waals surface area contributed by atoms with Crippen LogP contribution < -0.4 is 4.57 Å². The fourth-order valence-electron chi connectivity index (χ4n) is 2.40. The SMILES string of the molecule is CCc1ccc[n+](-c2nc3ccccc3nc2C(C#N)C#N)c1. The monoisotopic (exact) mass is 300 g/mol. The van der Waals surface area contributed by atoms with E-state index >= 15 is 0 Å². The number of aryl methyl sites for hydroxylation is 1. The van der Waals surface area contributed by atoms with Gasteiger partial charge in [-0.15, -0.1) is 0 Å². The van der Waals surface area contributed by atoms with Crippen LogP contribution in [0.3, 0.4) is 0 Å². The lowest BCUT2D eigenvalue weighted by atomic mass is 10.1. The Hall–Kier alpha value is -3.31. The van der Waals surface area contributed by atoms with Gasteiger partial charge in [-0.1, -0.05) is 25.1 Å². The van der Waals surface area contributed by atoms with Crippen molar-refractivity contribution in [2.24, 2.45) is 0 Å². The molecule has 0 aliphatic rings. The molecular formula is C18H14N5+. The van der Waals surface area contributed by atoms with E-state index in [9.17, 15) is 10.5 Å². The zero-order chi connectivity index (χ0) is 16.2. The average Bonchev–Trinajstić information content (AvgIpc) is 2.62. The highest BCUT2D eigenvalue weighted by molar-refractivity contribution is 5.75. The van der Waals surface area contributed by atoms with Crippen molar-refractivity contribution in [2.75, 3.05) is 0 Å². The smallest absolute Gasteiger partial charge is 0.237 e. The van der Waals surface area contributed by atoms with E-state index < -0.39 is 5.92 Å². The number of rotatable bonds is 3. The van der Waals surface area contributed by atoms with Crippen molar-refractivity contribution in [1.29, 1.82) is 10.5 Å². The summed E-state index contributed by atoms with van der Waals surface area (Å²) in [6, 6.07) is 15.4. The number of hydrogen-bond acceptors (Lipinski definition) is 4. The highest BCUT2D eigenvalue weighted by Crippen LogP contribution is 2.20. The van der Waals surface area contributed by atoms with E-state index in [1.54, 1.807) is 0 Å². The molecule has 3 rings (SSSR count). The van der Waals surface area contributed by atoms with Crippen molar-refractivity contribution in [3.63, 3.8) is 0 Å². The predicted molar refractivity (Wildman–Crippen MR) is 84.4 cm³/mol. The first-order chi connectivity index (χ1) is 11.3. The van der Waals surface area contributed by atoms with E-state index in [2.05, 4.69) is 16.9 Å². The standard InChI is InChI=1S/C18H14N5/c1-2-13-6-5-9-23(12-13)18-17(14(10-19)11-20)21-15-7-3-4-8-16(15)22-18/h3-9,12,14H,2H2,1H3/q+1. The minimum Gasteiger partial charge on any atom is -0.237 e. The molecular weight excluding hydrogens is 286 g/mol. The van der Waals surface area contributed by atoms with Gasteiger partial charge in [-0.2, -0.15) is 10.5 Å². The molecule has 2 aromatic heterocycles. The highest BCUT2D eigenvalue weighted by Gasteiger charge is 2.26. The van der Waals surface area contributed by atoms with Gasteiger partial charge in [-0.05, 0) is 35.2 Å². The first-order valence-electron chi connectivity index (χ1n) is 7.33. The molecule has 3 aromatic rings. The fraction of sp³-hybridized carbons (Fsp3) is 0.167. The molecule has 110 valence electrons. The van der Waals surface area contributed by atoms with Crippen LogP contribution in [0, 0.1) is 22.7 Å². The van der Waals surface area contributed by atoms with Gasteiger partial charge in [0.15, 0.2) is 11.6 Å². The molecule has 0 aliphatic heterocycles. The Labute approximate surface area is 134 Å². The molecule has 5 heteroatoms. The second kappa shape index (κ2) is 6.21. The molecule has 1 aromatic carbocycles. The van der Waals surface area contributed by atoms with Gasteiger partial charge in [-0.25, -0.2) is 9.55 Å². The molecule has 0 saturated carbocycles. The molecule has 0 radical (unpaired) electrons. The highest BCUT2D eigenvalue weighted by atomic mass is 15.1. The summed E-state index contributed by atoms with van der Waals surface area (Å²) in [5.41, 5.74) is 2.93. The Kier molecular flexibility index (Phi) is 3.95. The fourth-order valence-corrected chi connectivity index (χ4v) is 2.40. The molecule has 0 spiro atoms. The number of fused-ring (bicyclic) bond motifs is 1. The summed E-state index contributed by atoms with van der Waals surface area (Å²) in [6.07, 6.45) is 4.69. The third kappa shape index (κ3) is 2.73. The molecule has 0 aliphatic carbocycles. The first kappa shape index (κ1) is 14.6. The number of nitriles is 2. The van der Waals surface area contributed by atoms with Crippen LogP contribution >= 0.6 is 0 Å². The number of para-hydroxylation sites is 2. The van der Waals surface area contributed by atoms with Gasteiger partial charge >= 0.3 is 5.82 Å². The maximum atomic E-state index is 9.27. The summed E-state index contributed by atoms with van der Waals surface area (Å²) in [6.45, 7) is 2.07. The lowest BCUT2D eigenvalue weighted by molar-refractivity contribution is -0.600. The molecule has 2 heterocycles. The predicted octanol–water partition coefficient (Wildman–Crippen LogP) is 2.60. The van der Waals surface area contributed by atoms with Crippen molar-refractivity contribution >= 4 is 11.0 Å². The van der Waals surface area contributed by atoms with Crippen LogP contribution in [0.15, 0.2) is 48.8 Å². The molecule has 0 bridgehead atoms. The zero-order valence-corrected chi connectivity index (χ0v) is 12.6. The minimum atomic E-state index is -0.958. The third-order valence-corrected chi connectivity index (χ3v) is 3.62. The van der Waals surface area contributed by atoms with Crippen molar-refractivity contribution in [3.05, 3.63) is 60.0 Å². The van der Waals surface area contributed by atoms with Crippen LogP contribution in [0.2, 0.25) is 0 Å². The van der Waals surface area contributed by atoms with E-state index in [-0.39, 0.29) is 0 Å². The van der Waals surface area contributed by atoms with Crippen molar-refractivity contribution in [3.8, 4) is 18.0 Å². The molecule has 0 saturated heterocycles. The summed E-state index contributed by atoms with van der Waals surface area (Å²) in [5.74, 6) is -0.438. The summed E-state index contributed by atoms with van der Waals surface area (Å²) in [7, 11) is 0. The molecule has 0 atom stereocenters. The van der Waals surface area contributed by atoms with E-state index in [1.165, 1.54) is 0 Å². The van der Waals surface area contributed by atoms with Gasteiger partial charge < -0.3 is 0 Å². The van der Waals surface area contributed by atoms with E-state index in [0.29, 0.717) is 17.0 Å². The third-order valence-electron chi connectivity index (χ3n) is 3.62. The second-order valence-corrected chi connectivity index (χ2v) is 5.09. The van der Waals surface area contributed by atoms with Gasteiger partial charge in [0.25, 0.3) is 0 Å². The molecule has 0 amide bonds. The van der Waals surface area contributed by atoms with Gasteiger partial charge in [-0.3, -0.25) is 0 Å². The van der Waals surface area contributed by atoms with Gasteiger partial charge in [0.2, 0.25) is 5.52 Å². The Balaban J connectivity index is 2.30. The number of benzene rings is 1. The summed E-state index contributed by atoms with van der Waals surface area (Å²) in [4.78, 5) is 9.16. The maximum Gasteiger partial charge on any atom is 0.352 e. The average molecular weight is 300 g/mol. The quantitative estimate of drug-likeness (QED) is 0.697. The zero-order valence-electron chi connectivity index (χ0n) is 12.6. The van der Waals surface area contributed by atoms with Crippen LogP contribution in [0.1, 0.15) is 24.1 Å². The van der Waals surface area contributed by atoms with Crippen molar-refractivity contribution in [1.82, 2.24) is 9.97 Å². The van der Waals surface area contributed by atoms with Crippen molar-refractivity contribution < 1.29 is 4.57 Å². The molecule has 5 nitrogen and oxygen atoms in total.